The molecule has 4 rings (SSSR count). The smallest absolute Gasteiger partial charge is 0.150 e. The molecular weight excluding hydrogens is 382 g/mol. The van der Waals surface area contributed by atoms with Gasteiger partial charge in [-0.3, -0.25) is 4.79 Å². The zero-order chi connectivity index (χ0) is 20.5. The van der Waals surface area contributed by atoms with Gasteiger partial charge in [-0.05, 0) is 50.6 Å². The van der Waals surface area contributed by atoms with E-state index in [2.05, 4.69) is 10.0 Å². The van der Waals surface area contributed by atoms with Crippen LogP contribution in [0.4, 0.5) is 5.69 Å². The van der Waals surface area contributed by atoms with Crippen LogP contribution in [0.25, 0.3) is 10.8 Å². The first-order valence-electron chi connectivity index (χ1n) is 9.77. The van der Waals surface area contributed by atoms with Crippen LogP contribution < -0.4 is 20.0 Å². The maximum Gasteiger partial charge on any atom is 0.150 e. The number of carbonyl (C=O) groups is 1. The van der Waals surface area contributed by atoms with Gasteiger partial charge < -0.3 is 15.2 Å². The molecule has 1 fully saturated rings. The van der Waals surface area contributed by atoms with Crippen molar-refractivity contribution in [2.75, 3.05) is 18.8 Å². The van der Waals surface area contributed by atoms with Crippen molar-refractivity contribution in [3.05, 3.63) is 71.8 Å². The Morgan fingerprint density at radius 3 is 2.48 bits per heavy atom. The summed E-state index contributed by atoms with van der Waals surface area (Å²) in [7, 11) is 0. The van der Waals surface area contributed by atoms with E-state index in [-0.39, 0.29) is 0 Å². The minimum atomic E-state index is 0.515. The molecule has 0 unspecified atom stereocenters. The number of nitrogens with one attached hydrogen (secondary N) is 2. The van der Waals surface area contributed by atoms with Gasteiger partial charge in [-0.1, -0.05) is 48.5 Å². The van der Waals surface area contributed by atoms with E-state index in [1.165, 1.54) is 12.2 Å². The maximum atomic E-state index is 10.2. The second kappa shape index (κ2) is 10.9. The van der Waals surface area contributed by atoms with Crippen LogP contribution in [-0.4, -0.2) is 25.4 Å². The molecule has 0 atom stereocenters. The summed E-state index contributed by atoms with van der Waals surface area (Å²) in [6.07, 6.45) is 3.15. The Bertz CT molecular complexity index is 942. The summed E-state index contributed by atoms with van der Waals surface area (Å²) in [6.45, 7) is 4.07. The van der Waals surface area contributed by atoms with Gasteiger partial charge >= 0.3 is 0 Å². The first-order valence-corrected chi connectivity index (χ1v) is 10.5. The number of hydrogen-bond acceptors (Lipinski definition) is 6. The first kappa shape index (κ1) is 21.2. The average Bonchev–Trinajstić information content (AvgIpc) is 2.76. The van der Waals surface area contributed by atoms with Gasteiger partial charge in [0.25, 0.3) is 0 Å². The zero-order valence-corrected chi connectivity index (χ0v) is 17.4. The third-order valence-corrected chi connectivity index (χ3v) is 5.61. The Balaban J connectivity index is 0.000000224. The largest absolute Gasteiger partial charge is 0.409 e. The van der Waals surface area contributed by atoms with Gasteiger partial charge in [0.2, 0.25) is 0 Å². The number of aryl methyl sites for hydroxylation is 1. The highest BCUT2D eigenvalue weighted by Crippen LogP contribution is 2.30. The molecule has 5 nitrogen and oxygen atoms in total. The maximum absolute atomic E-state index is 10.2. The summed E-state index contributed by atoms with van der Waals surface area (Å²) < 4.78 is 9.18. The van der Waals surface area contributed by atoms with Crippen LogP contribution in [0.1, 0.15) is 28.8 Å². The second-order valence-electron chi connectivity index (χ2n) is 6.98. The number of piperidine rings is 1. The highest BCUT2D eigenvalue weighted by molar-refractivity contribution is 7.93. The van der Waals surface area contributed by atoms with E-state index in [0.29, 0.717) is 6.04 Å². The first-order chi connectivity index (χ1) is 14.2. The van der Waals surface area contributed by atoms with Crippen molar-refractivity contribution in [2.24, 2.45) is 0 Å². The van der Waals surface area contributed by atoms with Crippen LogP contribution in [0.15, 0.2) is 60.7 Å². The zero-order valence-electron chi connectivity index (χ0n) is 16.6. The molecule has 3 aromatic carbocycles. The van der Waals surface area contributed by atoms with Crippen molar-refractivity contribution in [3.63, 3.8) is 0 Å². The minimum Gasteiger partial charge on any atom is -0.409 e. The van der Waals surface area contributed by atoms with Crippen molar-refractivity contribution in [1.29, 1.82) is 0 Å². The van der Waals surface area contributed by atoms with E-state index >= 15 is 0 Å². The summed E-state index contributed by atoms with van der Waals surface area (Å²) in [5, 5.41) is 5.43. The molecule has 0 spiro atoms. The van der Waals surface area contributed by atoms with Gasteiger partial charge in [0.1, 0.15) is 24.3 Å². The molecule has 6 heteroatoms. The van der Waals surface area contributed by atoms with Gasteiger partial charge in [0.05, 0.1) is 0 Å². The molecule has 0 aliphatic carbocycles. The van der Waals surface area contributed by atoms with E-state index in [1.807, 2.05) is 67.6 Å². The van der Waals surface area contributed by atoms with E-state index in [4.69, 9.17) is 9.92 Å². The number of nitrogens with two attached hydrogens (primary N) is 1. The number of nitrogen functional groups attached to an aromatic ring is 1. The Morgan fingerprint density at radius 1 is 1.03 bits per heavy atom. The fourth-order valence-electron chi connectivity index (χ4n) is 3.17. The molecule has 1 heterocycles. The Kier molecular flexibility index (Phi) is 7.93. The highest BCUT2D eigenvalue weighted by Gasteiger charge is 2.13. The molecule has 29 heavy (non-hydrogen) atoms. The summed E-state index contributed by atoms with van der Waals surface area (Å²) in [6, 6.07) is 19.9. The van der Waals surface area contributed by atoms with Gasteiger partial charge in [0, 0.05) is 28.1 Å². The van der Waals surface area contributed by atoms with E-state index in [0.717, 1.165) is 65.6 Å². The molecule has 0 aromatic heterocycles. The molecule has 1 saturated heterocycles. The average molecular weight is 410 g/mol. The molecule has 4 N–H and O–H groups in total. The van der Waals surface area contributed by atoms with Crippen LogP contribution in [0.2, 0.25) is 0 Å². The molecule has 0 saturated carbocycles. The minimum absolute atomic E-state index is 0.515. The molecular formula is C23H27N3O2S. The Hall–Kier alpha value is -2.54. The number of carbonyl (C=O) groups excluding carboxylic acids is 1. The van der Waals surface area contributed by atoms with Crippen LogP contribution in [0.5, 0.6) is 5.75 Å². The van der Waals surface area contributed by atoms with Crippen LogP contribution >= 0.6 is 12.2 Å². The van der Waals surface area contributed by atoms with Gasteiger partial charge in [-0.15, -0.1) is 0 Å². The molecule has 0 radical (unpaired) electrons. The van der Waals surface area contributed by atoms with E-state index < -0.39 is 0 Å². The third kappa shape index (κ3) is 5.97. The van der Waals surface area contributed by atoms with E-state index in [9.17, 15) is 4.79 Å². The molecule has 0 amide bonds. The highest BCUT2D eigenvalue weighted by atomic mass is 32.2. The molecule has 152 valence electrons. The number of anilines is 1. The molecule has 3 aromatic rings. The van der Waals surface area contributed by atoms with Crippen molar-refractivity contribution in [3.8, 4) is 5.75 Å². The van der Waals surface area contributed by atoms with Crippen LogP contribution in [-0.2, 0) is 0 Å². The summed E-state index contributed by atoms with van der Waals surface area (Å²) in [5.41, 5.74) is 8.58. The lowest BCUT2D eigenvalue weighted by Crippen LogP contribution is -2.37. The van der Waals surface area contributed by atoms with Gasteiger partial charge in [-0.2, -0.15) is 0 Å². The fraction of sp³-hybridized carbons (Fsp3) is 0.261. The monoisotopic (exact) mass is 409 g/mol. The lowest BCUT2D eigenvalue weighted by Gasteiger charge is -2.22. The lowest BCUT2D eigenvalue weighted by molar-refractivity contribution is 0.112. The number of rotatable bonds is 5. The van der Waals surface area contributed by atoms with Crippen LogP contribution in [0.3, 0.4) is 0 Å². The van der Waals surface area contributed by atoms with E-state index in [1.54, 1.807) is 0 Å². The lowest BCUT2D eigenvalue weighted by atomic mass is 10.1. The molecule has 1 aliphatic rings. The SMILES string of the molecule is Cc1ccccc1C=O.Nc1cccc2c(OSNC3CCNCC3)cccc12. The summed E-state index contributed by atoms with van der Waals surface area (Å²) in [4.78, 5) is 10.2. The Morgan fingerprint density at radius 2 is 1.76 bits per heavy atom. The number of benzene rings is 3. The number of aldehydes is 1. The van der Waals surface area contributed by atoms with Gasteiger partial charge in [-0.25, -0.2) is 4.72 Å². The van der Waals surface area contributed by atoms with Crippen molar-refractivity contribution < 1.29 is 8.98 Å². The second-order valence-corrected chi connectivity index (χ2v) is 7.55. The van der Waals surface area contributed by atoms with Crippen molar-refractivity contribution >= 4 is 35.0 Å². The summed E-state index contributed by atoms with van der Waals surface area (Å²) >= 11 is 1.31. The molecule has 1 aliphatic heterocycles. The van der Waals surface area contributed by atoms with Gasteiger partial charge in [0.15, 0.2) is 0 Å². The fourth-order valence-corrected chi connectivity index (χ4v) is 3.83. The van der Waals surface area contributed by atoms with Crippen molar-refractivity contribution in [1.82, 2.24) is 10.0 Å². The standard InChI is InChI=1S/C15H19N3OS.C8H8O/c16-14-5-1-4-13-12(14)3-2-6-15(13)19-20-18-11-7-9-17-10-8-11;1-7-4-2-3-5-8(7)6-9/h1-6,11,17-18H,7-10,16H2;2-6H,1H3. The predicted molar refractivity (Wildman–Crippen MR) is 122 cm³/mol. The number of hydrogen-bond donors (Lipinski definition) is 3. The quantitative estimate of drug-likeness (QED) is 0.249. The molecule has 0 bridgehead atoms. The predicted octanol–water partition coefficient (Wildman–Crippen LogP) is 4.51. The van der Waals surface area contributed by atoms with Crippen molar-refractivity contribution in [2.45, 2.75) is 25.8 Å². The summed E-state index contributed by atoms with van der Waals surface area (Å²) in [5.74, 6) is 0.848. The topological polar surface area (TPSA) is 76.4 Å². The third-order valence-electron chi connectivity index (χ3n) is 4.92. The normalized spacial score (nSPS) is 14.1. The van der Waals surface area contributed by atoms with Crippen LogP contribution in [0, 0.1) is 6.92 Å². The Labute approximate surface area is 176 Å². The number of fused-ring (bicyclic) bond motifs is 1.